The third-order valence-corrected chi connectivity index (χ3v) is 5.38. The maximum atomic E-state index is 12.7. The number of nitrogens with zero attached hydrogens (tertiary/aromatic N) is 3. The van der Waals surface area contributed by atoms with Crippen molar-refractivity contribution in [1.82, 2.24) is 20.1 Å². The first kappa shape index (κ1) is 18.4. The SMILES string of the molecule is Cc1cccc(Cc2cc(C)nc([C@@H]3CCCN(C(=O)c4ccn[nH]4)C3)c2)c1. The molecule has 1 saturated heterocycles. The Morgan fingerprint density at radius 1 is 1.18 bits per heavy atom. The molecule has 144 valence electrons. The molecule has 3 heterocycles. The van der Waals surface area contributed by atoms with Crippen LogP contribution in [0.15, 0.2) is 48.7 Å². The summed E-state index contributed by atoms with van der Waals surface area (Å²) in [5.41, 5.74) is 6.57. The van der Waals surface area contributed by atoms with Crippen LogP contribution in [0.2, 0.25) is 0 Å². The second kappa shape index (κ2) is 7.97. The number of rotatable bonds is 4. The summed E-state index contributed by atoms with van der Waals surface area (Å²) in [6.07, 6.45) is 4.58. The number of aryl methyl sites for hydroxylation is 2. The van der Waals surface area contributed by atoms with E-state index in [0.29, 0.717) is 12.2 Å². The molecule has 1 amide bonds. The van der Waals surface area contributed by atoms with Gasteiger partial charge < -0.3 is 4.90 Å². The van der Waals surface area contributed by atoms with E-state index in [1.54, 1.807) is 12.3 Å². The molecule has 1 atom stereocenters. The number of H-pyrrole nitrogens is 1. The van der Waals surface area contributed by atoms with E-state index in [1.807, 2.05) is 4.90 Å². The molecule has 2 aromatic heterocycles. The lowest BCUT2D eigenvalue weighted by molar-refractivity contribution is 0.0700. The van der Waals surface area contributed by atoms with Gasteiger partial charge in [0.1, 0.15) is 5.69 Å². The Hall–Kier alpha value is -2.95. The molecule has 0 spiro atoms. The minimum absolute atomic E-state index is 0.0230. The number of aromatic nitrogens is 3. The number of carbonyl (C=O) groups excluding carboxylic acids is 1. The number of nitrogens with one attached hydrogen (secondary N) is 1. The van der Waals surface area contributed by atoms with Crippen LogP contribution in [-0.4, -0.2) is 39.1 Å². The second-order valence-electron chi connectivity index (χ2n) is 7.77. The van der Waals surface area contributed by atoms with Crippen LogP contribution >= 0.6 is 0 Å². The predicted molar refractivity (Wildman–Crippen MR) is 109 cm³/mol. The van der Waals surface area contributed by atoms with Crippen LogP contribution in [0, 0.1) is 13.8 Å². The Balaban J connectivity index is 1.53. The molecule has 1 aliphatic heterocycles. The molecule has 0 saturated carbocycles. The van der Waals surface area contributed by atoms with Crippen molar-refractivity contribution < 1.29 is 4.79 Å². The summed E-state index contributed by atoms with van der Waals surface area (Å²) in [6.45, 7) is 5.67. The smallest absolute Gasteiger partial charge is 0.271 e. The number of hydrogen-bond donors (Lipinski definition) is 1. The number of pyridine rings is 1. The fourth-order valence-corrected chi connectivity index (χ4v) is 4.09. The molecule has 3 aromatic rings. The van der Waals surface area contributed by atoms with Gasteiger partial charge in [-0.25, -0.2) is 0 Å². The van der Waals surface area contributed by atoms with Crippen LogP contribution in [0.3, 0.4) is 0 Å². The van der Waals surface area contributed by atoms with E-state index in [1.165, 1.54) is 16.7 Å². The van der Waals surface area contributed by atoms with Crippen LogP contribution in [0.4, 0.5) is 0 Å². The van der Waals surface area contributed by atoms with Gasteiger partial charge in [-0.3, -0.25) is 14.9 Å². The minimum atomic E-state index is 0.0230. The van der Waals surface area contributed by atoms with Gasteiger partial charge in [-0.05, 0) is 62.4 Å². The fourth-order valence-electron chi connectivity index (χ4n) is 4.09. The van der Waals surface area contributed by atoms with Crippen molar-refractivity contribution in [3.8, 4) is 0 Å². The summed E-state index contributed by atoms with van der Waals surface area (Å²) < 4.78 is 0. The van der Waals surface area contributed by atoms with Crippen LogP contribution in [0.25, 0.3) is 0 Å². The molecule has 4 rings (SSSR count). The maximum Gasteiger partial charge on any atom is 0.271 e. The number of amides is 1. The molecule has 0 unspecified atom stereocenters. The van der Waals surface area contributed by atoms with E-state index in [0.717, 1.165) is 37.2 Å². The van der Waals surface area contributed by atoms with Crippen molar-refractivity contribution in [2.75, 3.05) is 13.1 Å². The van der Waals surface area contributed by atoms with E-state index >= 15 is 0 Å². The highest BCUT2D eigenvalue weighted by atomic mass is 16.2. The zero-order valence-corrected chi connectivity index (χ0v) is 16.5. The van der Waals surface area contributed by atoms with Crippen molar-refractivity contribution in [1.29, 1.82) is 0 Å². The molecule has 1 N–H and O–H groups in total. The molecule has 0 aliphatic carbocycles. The fraction of sp³-hybridized carbons (Fsp3) is 0.348. The van der Waals surface area contributed by atoms with Crippen molar-refractivity contribution in [2.24, 2.45) is 0 Å². The summed E-state index contributed by atoms with van der Waals surface area (Å²) in [4.78, 5) is 19.4. The largest absolute Gasteiger partial charge is 0.337 e. The molecule has 1 aliphatic rings. The van der Waals surface area contributed by atoms with Crippen molar-refractivity contribution >= 4 is 5.91 Å². The molecule has 28 heavy (non-hydrogen) atoms. The summed E-state index contributed by atoms with van der Waals surface area (Å²) in [5.74, 6) is 0.298. The lowest BCUT2D eigenvalue weighted by Crippen LogP contribution is -2.39. The molecule has 1 aromatic carbocycles. The van der Waals surface area contributed by atoms with Gasteiger partial charge in [-0.2, -0.15) is 5.10 Å². The number of piperidine rings is 1. The van der Waals surface area contributed by atoms with Gasteiger partial charge in [0.2, 0.25) is 0 Å². The van der Waals surface area contributed by atoms with Crippen LogP contribution in [-0.2, 0) is 6.42 Å². The number of carbonyl (C=O) groups is 1. The zero-order chi connectivity index (χ0) is 19.5. The average molecular weight is 374 g/mol. The lowest BCUT2D eigenvalue weighted by atomic mass is 9.92. The summed E-state index contributed by atoms with van der Waals surface area (Å²) >= 11 is 0. The number of benzene rings is 1. The quantitative estimate of drug-likeness (QED) is 0.750. The van der Waals surface area contributed by atoms with Crippen LogP contribution in [0.5, 0.6) is 0 Å². The van der Waals surface area contributed by atoms with Crippen LogP contribution < -0.4 is 0 Å². The summed E-state index contributed by atoms with van der Waals surface area (Å²) in [6, 6.07) is 14.8. The summed E-state index contributed by atoms with van der Waals surface area (Å²) in [7, 11) is 0. The normalized spacial score (nSPS) is 16.9. The zero-order valence-electron chi connectivity index (χ0n) is 16.5. The van der Waals surface area contributed by atoms with Crippen molar-refractivity contribution in [3.05, 3.63) is 82.4 Å². The second-order valence-corrected chi connectivity index (χ2v) is 7.77. The maximum absolute atomic E-state index is 12.7. The average Bonchev–Trinajstić information content (AvgIpc) is 3.22. The van der Waals surface area contributed by atoms with E-state index in [4.69, 9.17) is 4.98 Å². The van der Waals surface area contributed by atoms with Gasteiger partial charge in [-0.1, -0.05) is 29.8 Å². The first-order chi connectivity index (χ1) is 13.6. The van der Waals surface area contributed by atoms with E-state index in [9.17, 15) is 4.79 Å². The summed E-state index contributed by atoms with van der Waals surface area (Å²) in [5, 5.41) is 6.68. The predicted octanol–water partition coefficient (Wildman–Crippen LogP) is 4.03. The third kappa shape index (κ3) is 4.14. The van der Waals surface area contributed by atoms with E-state index in [2.05, 4.69) is 60.4 Å². The first-order valence-corrected chi connectivity index (χ1v) is 9.90. The Kier molecular flexibility index (Phi) is 5.24. The van der Waals surface area contributed by atoms with Crippen molar-refractivity contribution in [2.45, 2.75) is 39.0 Å². The Labute approximate surface area is 165 Å². The Morgan fingerprint density at radius 2 is 2.07 bits per heavy atom. The molecule has 1 fully saturated rings. The van der Waals surface area contributed by atoms with Gasteiger partial charge >= 0.3 is 0 Å². The number of likely N-dealkylation sites (tertiary alicyclic amines) is 1. The van der Waals surface area contributed by atoms with Gasteiger partial charge in [0.15, 0.2) is 0 Å². The van der Waals surface area contributed by atoms with Gasteiger partial charge in [0.05, 0.1) is 0 Å². The van der Waals surface area contributed by atoms with Gasteiger partial charge in [-0.15, -0.1) is 0 Å². The highest BCUT2D eigenvalue weighted by Gasteiger charge is 2.27. The highest BCUT2D eigenvalue weighted by Crippen LogP contribution is 2.28. The molecule has 0 bridgehead atoms. The molecule has 5 heteroatoms. The van der Waals surface area contributed by atoms with Gasteiger partial charge in [0.25, 0.3) is 5.91 Å². The highest BCUT2D eigenvalue weighted by molar-refractivity contribution is 5.92. The minimum Gasteiger partial charge on any atom is -0.337 e. The molecule has 0 radical (unpaired) electrons. The van der Waals surface area contributed by atoms with E-state index < -0.39 is 0 Å². The van der Waals surface area contributed by atoms with E-state index in [-0.39, 0.29) is 11.8 Å². The van der Waals surface area contributed by atoms with Crippen LogP contribution in [0.1, 0.15) is 57.3 Å². The topological polar surface area (TPSA) is 61.9 Å². The number of aromatic amines is 1. The Bertz CT molecular complexity index is 964. The Morgan fingerprint density at radius 3 is 2.86 bits per heavy atom. The van der Waals surface area contributed by atoms with Crippen molar-refractivity contribution in [3.63, 3.8) is 0 Å². The van der Waals surface area contributed by atoms with Gasteiger partial charge in [0, 0.05) is 36.6 Å². The monoisotopic (exact) mass is 374 g/mol. The number of hydrogen-bond acceptors (Lipinski definition) is 3. The molecular formula is C23H26N4O. The third-order valence-electron chi connectivity index (χ3n) is 5.38. The molecule has 5 nitrogen and oxygen atoms in total. The lowest BCUT2D eigenvalue weighted by Gasteiger charge is -2.32. The first-order valence-electron chi connectivity index (χ1n) is 9.90. The standard InChI is InChI=1S/C23H26N4O/c1-16-5-3-6-18(11-16)13-19-12-17(2)25-22(14-19)20-7-4-10-27(15-20)23(28)21-8-9-24-26-21/h3,5-6,8-9,11-12,14,20H,4,7,10,13,15H2,1-2H3,(H,24,26)/t20-/m1/s1. The molecular weight excluding hydrogens is 348 g/mol.